The zero-order chi connectivity index (χ0) is 14.7. The Balaban J connectivity index is 1.71. The van der Waals surface area contributed by atoms with Crippen molar-refractivity contribution >= 4 is 11.9 Å². The molecule has 0 fully saturated rings. The number of aromatic nitrogens is 3. The third-order valence-electron chi connectivity index (χ3n) is 3.89. The lowest BCUT2D eigenvalue weighted by molar-refractivity contribution is -0.116. The van der Waals surface area contributed by atoms with E-state index in [1.165, 1.54) is 17.5 Å². The van der Waals surface area contributed by atoms with E-state index in [0.717, 1.165) is 25.0 Å². The lowest BCUT2D eigenvalue weighted by Gasteiger charge is -2.25. The van der Waals surface area contributed by atoms with E-state index in [-0.39, 0.29) is 11.8 Å². The van der Waals surface area contributed by atoms with Crippen LogP contribution < -0.4 is 10.1 Å². The van der Waals surface area contributed by atoms with Gasteiger partial charge >= 0.3 is 0 Å². The number of H-pyrrole nitrogens is 1. The number of nitrogens with zero attached hydrogens (tertiary/aromatic N) is 2. The summed E-state index contributed by atoms with van der Waals surface area (Å²) < 4.78 is 5.27. The van der Waals surface area contributed by atoms with Crippen LogP contribution in [0.3, 0.4) is 0 Å². The molecular formula is C15H18N4O2. The van der Waals surface area contributed by atoms with E-state index in [1.807, 2.05) is 6.07 Å². The standard InChI is InChI=1S/C15H18N4O2/c1-21-12-5-6-13-10(7-12)3-2-4-11(13)8-14(20)18-15-16-9-17-19-15/h5-7,9,11H,2-4,8H2,1H3,(H2,16,17,18,19,20). The molecule has 2 aromatic rings. The molecule has 1 aromatic carbocycles. The number of aromatic amines is 1. The summed E-state index contributed by atoms with van der Waals surface area (Å²) in [6.07, 6.45) is 5.01. The Kier molecular flexibility index (Phi) is 3.85. The van der Waals surface area contributed by atoms with E-state index in [1.54, 1.807) is 7.11 Å². The number of benzene rings is 1. The Morgan fingerprint density at radius 3 is 3.19 bits per heavy atom. The zero-order valence-corrected chi connectivity index (χ0v) is 11.9. The summed E-state index contributed by atoms with van der Waals surface area (Å²) in [4.78, 5) is 16.0. The number of ether oxygens (including phenoxy) is 1. The minimum absolute atomic E-state index is 0.0413. The number of rotatable bonds is 4. The van der Waals surface area contributed by atoms with E-state index in [2.05, 4.69) is 32.6 Å². The molecule has 1 amide bonds. The highest BCUT2D eigenvalue weighted by atomic mass is 16.5. The third kappa shape index (κ3) is 3.04. The van der Waals surface area contributed by atoms with Crippen LogP contribution in [0.2, 0.25) is 0 Å². The van der Waals surface area contributed by atoms with Gasteiger partial charge < -0.3 is 4.74 Å². The Labute approximate surface area is 122 Å². The number of methoxy groups -OCH3 is 1. The van der Waals surface area contributed by atoms with Crippen molar-refractivity contribution in [2.75, 3.05) is 12.4 Å². The second kappa shape index (κ2) is 5.95. The number of carbonyl (C=O) groups is 1. The first kappa shape index (κ1) is 13.6. The minimum atomic E-state index is -0.0413. The van der Waals surface area contributed by atoms with Crippen LogP contribution >= 0.6 is 0 Å². The molecule has 0 aliphatic heterocycles. The van der Waals surface area contributed by atoms with Crippen LogP contribution in [0.4, 0.5) is 5.95 Å². The molecule has 0 spiro atoms. The maximum absolute atomic E-state index is 12.1. The predicted molar refractivity (Wildman–Crippen MR) is 78.3 cm³/mol. The monoisotopic (exact) mass is 286 g/mol. The summed E-state index contributed by atoms with van der Waals surface area (Å²) in [5, 5.41) is 9.07. The highest BCUT2D eigenvalue weighted by molar-refractivity contribution is 5.89. The average molecular weight is 286 g/mol. The highest BCUT2D eigenvalue weighted by Gasteiger charge is 2.23. The molecule has 1 aromatic heterocycles. The summed E-state index contributed by atoms with van der Waals surface area (Å²) >= 11 is 0. The van der Waals surface area contributed by atoms with Gasteiger partial charge in [0, 0.05) is 6.42 Å². The molecule has 6 nitrogen and oxygen atoms in total. The maximum Gasteiger partial charge on any atom is 0.227 e. The van der Waals surface area contributed by atoms with Gasteiger partial charge in [-0.05, 0) is 48.4 Å². The van der Waals surface area contributed by atoms with Crippen molar-refractivity contribution in [3.63, 3.8) is 0 Å². The highest BCUT2D eigenvalue weighted by Crippen LogP contribution is 2.35. The average Bonchev–Trinajstić information content (AvgIpc) is 2.99. The van der Waals surface area contributed by atoms with E-state index in [9.17, 15) is 4.79 Å². The van der Waals surface area contributed by atoms with Gasteiger partial charge in [0.1, 0.15) is 12.1 Å². The number of amides is 1. The van der Waals surface area contributed by atoms with Crippen LogP contribution in [0.1, 0.15) is 36.3 Å². The lowest BCUT2D eigenvalue weighted by Crippen LogP contribution is -2.19. The second-order valence-corrected chi connectivity index (χ2v) is 5.24. The van der Waals surface area contributed by atoms with E-state index >= 15 is 0 Å². The van der Waals surface area contributed by atoms with Gasteiger partial charge in [-0.3, -0.25) is 10.1 Å². The first-order valence-corrected chi connectivity index (χ1v) is 7.08. The second-order valence-electron chi connectivity index (χ2n) is 5.24. The number of nitrogens with one attached hydrogen (secondary N) is 2. The molecule has 1 atom stereocenters. The van der Waals surface area contributed by atoms with Crippen LogP contribution in [-0.2, 0) is 11.2 Å². The molecule has 0 saturated carbocycles. The number of fused-ring (bicyclic) bond motifs is 1. The van der Waals surface area contributed by atoms with Crippen molar-refractivity contribution in [2.24, 2.45) is 0 Å². The van der Waals surface area contributed by atoms with E-state index < -0.39 is 0 Å². The topological polar surface area (TPSA) is 79.9 Å². The quantitative estimate of drug-likeness (QED) is 0.903. The van der Waals surface area contributed by atoms with Crippen molar-refractivity contribution in [3.05, 3.63) is 35.7 Å². The number of hydrogen-bond acceptors (Lipinski definition) is 4. The molecule has 1 aliphatic carbocycles. The molecule has 0 saturated heterocycles. The molecule has 1 aliphatic rings. The van der Waals surface area contributed by atoms with Gasteiger partial charge in [0.25, 0.3) is 0 Å². The number of aryl methyl sites for hydroxylation is 1. The Bertz CT molecular complexity index is 625. The fraction of sp³-hybridized carbons (Fsp3) is 0.400. The molecular weight excluding hydrogens is 268 g/mol. The van der Waals surface area contributed by atoms with Gasteiger partial charge in [-0.1, -0.05) is 6.07 Å². The van der Waals surface area contributed by atoms with Crippen molar-refractivity contribution in [3.8, 4) is 5.75 Å². The van der Waals surface area contributed by atoms with Gasteiger partial charge in [-0.15, -0.1) is 0 Å². The summed E-state index contributed by atoms with van der Waals surface area (Å²) in [6.45, 7) is 0. The normalized spacial score (nSPS) is 17.1. The molecule has 21 heavy (non-hydrogen) atoms. The number of hydrogen-bond donors (Lipinski definition) is 2. The largest absolute Gasteiger partial charge is 0.497 e. The summed E-state index contributed by atoms with van der Waals surface area (Å²) in [6, 6.07) is 6.13. The summed E-state index contributed by atoms with van der Waals surface area (Å²) in [5.74, 6) is 1.48. The van der Waals surface area contributed by atoms with E-state index in [0.29, 0.717) is 12.4 Å². The van der Waals surface area contributed by atoms with Crippen molar-refractivity contribution in [1.29, 1.82) is 0 Å². The molecule has 3 rings (SSSR count). The Morgan fingerprint density at radius 1 is 1.52 bits per heavy atom. The van der Waals surface area contributed by atoms with Gasteiger partial charge in [-0.25, -0.2) is 5.10 Å². The zero-order valence-electron chi connectivity index (χ0n) is 11.9. The van der Waals surface area contributed by atoms with Crippen molar-refractivity contribution < 1.29 is 9.53 Å². The number of carbonyl (C=O) groups excluding carboxylic acids is 1. The lowest BCUT2D eigenvalue weighted by atomic mass is 9.81. The van der Waals surface area contributed by atoms with Crippen LogP contribution in [0, 0.1) is 0 Å². The molecule has 1 heterocycles. The molecule has 6 heteroatoms. The van der Waals surface area contributed by atoms with Crippen molar-refractivity contribution in [1.82, 2.24) is 15.2 Å². The van der Waals surface area contributed by atoms with Gasteiger partial charge in [0.05, 0.1) is 7.11 Å². The van der Waals surface area contributed by atoms with Crippen molar-refractivity contribution in [2.45, 2.75) is 31.6 Å². The number of anilines is 1. The van der Waals surface area contributed by atoms with Crippen LogP contribution in [0.25, 0.3) is 0 Å². The van der Waals surface area contributed by atoms with Crippen LogP contribution in [-0.4, -0.2) is 28.2 Å². The maximum atomic E-state index is 12.1. The van der Waals surface area contributed by atoms with Crippen LogP contribution in [0.15, 0.2) is 24.5 Å². The first-order chi connectivity index (χ1) is 10.3. The van der Waals surface area contributed by atoms with Gasteiger partial charge in [0.15, 0.2) is 0 Å². The van der Waals surface area contributed by atoms with Crippen LogP contribution in [0.5, 0.6) is 5.75 Å². The molecule has 0 bridgehead atoms. The minimum Gasteiger partial charge on any atom is -0.497 e. The molecule has 1 unspecified atom stereocenters. The fourth-order valence-corrected chi connectivity index (χ4v) is 2.90. The molecule has 110 valence electrons. The van der Waals surface area contributed by atoms with Gasteiger partial charge in [-0.2, -0.15) is 10.1 Å². The smallest absolute Gasteiger partial charge is 0.227 e. The third-order valence-corrected chi connectivity index (χ3v) is 3.89. The summed E-state index contributed by atoms with van der Waals surface area (Å²) in [7, 11) is 1.67. The summed E-state index contributed by atoms with van der Waals surface area (Å²) in [5.41, 5.74) is 2.55. The Morgan fingerprint density at radius 2 is 2.43 bits per heavy atom. The first-order valence-electron chi connectivity index (χ1n) is 7.08. The molecule has 0 radical (unpaired) electrons. The van der Waals surface area contributed by atoms with Gasteiger partial charge in [0.2, 0.25) is 11.9 Å². The fourth-order valence-electron chi connectivity index (χ4n) is 2.90. The Hall–Kier alpha value is -2.37. The SMILES string of the molecule is COc1ccc2c(c1)CCCC2CC(=O)Nc1ncn[nH]1. The predicted octanol–water partition coefficient (Wildman–Crippen LogP) is 2.26. The van der Waals surface area contributed by atoms with E-state index in [4.69, 9.17) is 4.74 Å². The molecule has 2 N–H and O–H groups in total.